The molecule has 1 atom stereocenters. The van der Waals surface area contributed by atoms with E-state index >= 15 is 0 Å². The van der Waals surface area contributed by atoms with Crippen LogP contribution in [-0.2, 0) is 0 Å². The Morgan fingerprint density at radius 2 is 2.05 bits per heavy atom. The summed E-state index contributed by atoms with van der Waals surface area (Å²) >= 11 is 0. The molecule has 1 heterocycles. The zero-order valence-electron chi connectivity index (χ0n) is 11.8. The summed E-state index contributed by atoms with van der Waals surface area (Å²) in [6.45, 7) is -0.455. The van der Waals surface area contributed by atoms with Gasteiger partial charge in [0.1, 0.15) is 5.75 Å². The van der Waals surface area contributed by atoms with Gasteiger partial charge in [0.05, 0.1) is 5.56 Å². The van der Waals surface area contributed by atoms with Gasteiger partial charge >= 0.3 is 6.18 Å². The average Bonchev–Trinajstić information content (AvgIpc) is 2.44. The van der Waals surface area contributed by atoms with Gasteiger partial charge in [-0.3, -0.25) is 4.79 Å². The number of rotatable bonds is 3. The third-order valence-corrected chi connectivity index (χ3v) is 3.25. The van der Waals surface area contributed by atoms with E-state index in [0.717, 1.165) is 12.8 Å². The van der Waals surface area contributed by atoms with Crippen molar-refractivity contribution in [2.75, 3.05) is 19.7 Å². The highest BCUT2D eigenvalue weighted by molar-refractivity contribution is 5.97. The number of para-hydroxylation sites is 1. The van der Waals surface area contributed by atoms with Crippen molar-refractivity contribution in [2.45, 2.75) is 25.1 Å². The maximum atomic E-state index is 12.4. The first kappa shape index (κ1) is 18.6. The van der Waals surface area contributed by atoms with Gasteiger partial charge in [-0.1, -0.05) is 12.1 Å². The van der Waals surface area contributed by atoms with Crippen molar-refractivity contribution in [1.82, 2.24) is 4.90 Å². The Balaban J connectivity index is 0.00000242. The molecule has 0 bridgehead atoms. The SMILES string of the molecule is Cl.N[C@H]1CCCN(C(=O)c2ccccc2OCC(F)(F)F)C1. The number of nitrogens with two attached hydrogens (primary N) is 1. The molecule has 1 aliphatic rings. The Hall–Kier alpha value is -1.47. The maximum Gasteiger partial charge on any atom is 0.422 e. The lowest BCUT2D eigenvalue weighted by Gasteiger charge is -2.31. The van der Waals surface area contributed by atoms with E-state index < -0.39 is 12.8 Å². The molecule has 1 saturated heterocycles. The molecule has 0 saturated carbocycles. The van der Waals surface area contributed by atoms with Gasteiger partial charge < -0.3 is 15.4 Å². The summed E-state index contributed by atoms with van der Waals surface area (Å²) in [4.78, 5) is 14.0. The maximum absolute atomic E-state index is 12.4. The molecule has 1 aromatic rings. The van der Waals surface area contributed by atoms with E-state index in [-0.39, 0.29) is 35.7 Å². The first-order chi connectivity index (χ1) is 9.87. The number of hydrogen-bond donors (Lipinski definition) is 1. The average molecular weight is 339 g/mol. The summed E-state index contributed by atoms with van der Waals surface area (Å²) in [5, 5.41) is 0. The zero-order chi connectivity index (χ0) is 15.5. The van der Waals surface area contributed by atoms with Crippen LogP contribution in [-0.4, -0.2) is 42.7 Å². The third-order valence-electron chi connectivity index (χ3n) is 3.25. The van der Waals surface area contributed by atoms with Crippen molar-refractivity contribution in [1.29, 1.82) is 0 Å². The molecule has 8 heteroatoms. The van der Waals surface area contributed by atoms with Crippen LogP contribution in [0.4, 0.5) is 13.2 Å². The molecule has 124 valence electrons. The van der Waals surface area contributed by atoms with Gasteiger partial charge in [0.2, 0.25) is 0 Å². The number of benzene rings is 1. The van der Waals surface area contributed by atoms with E-state index in [4.69, 9.17) is 10.5 Å². The van der Waals surface area contributed by atoms with Crippen LogP contribution in [0.1, 0.15) is 23.2 Å². The van der Waals surface area contributed by atoms with Gasteiger partial charge in [0, 0.05) is 19.1 Å². The first-order valence-corrected chi connectivity index (χ1v) is 6.70. The van der Waals surface area contributed by atoms with Crippen LogP contribution in [0.2, 0.25) is 0 Å². The van der Waals surface area contributed by atoms with Crippen molar-refractivity contribution in [3.05, 3.63) is 29.8 Å². The van der Waals surface area contributed by atoms with Gasteiger partial charge in [-0.15, -0.1) is 12.4 Å². The van der Waals surface area contributed by atoms with E-state index in [9.17, 15) is 18.0 Å². The number of nitrogens with zero attached hydrogens (tertiary/aromatic N) is 1. The second-order valence-corrected chi connectivity index (χ2v) is 5.05. The second-order valence-electron chi connectivity index (χ2n) is 5.05. The molecule has 1 aliphatic heterocycles. The number of amides is 1. The van der Waals surface area contributed by atoms with Crippen LogP contribution in [0.3, 0.4) is 0 Å². The molecule has 0 radical (unpaired) electrons. The summed E-state index contributed by atoms with van der Waals surface area (Å²) < 4.78 is 41.5. The molecule has 2 N–H and O–H groups in total. The van der Waals surface area contributed by atoms with Gasteiger partial charge in [-0.25, -0.2) is 0 Å². The molecule has 1 fully saturated rings. The standard InChI is InChI=1S/C14H17F3N2O2.ClH/c15-14(16,17)9-21-12-6-2-1-5-11(12)13(20)19-7-3-4-10(18)8-19;/h1-2,5-6,10H,3-4,7-9,18H2;1H/t10-;/m0./s1. The molecule has 0 aromatic heterocycles. The fourth-order valence-corrected chi connectivity index (χ4v) is 2.29. The fraction of sp³-hybridized carbons (Fsp3) is 0.500. The number of piperidine rings is 1. The molecule has 2 rings (SSSR count). The van der Waals surface area contributed by atoms with Crippen molar-refractivity contribution < 1.29 is 22.7 Å². The Kier molecular flexibility index (Phi) is 6.49. The lowest BCUT2D eigenvalue weighted by Crippen LogP contribution is -2.45. The van der Waals surface area contributed by atoms with Crippen LogP contribution in [0.25, 0.3) is 0 Å². The number of alkyl halides is 3. The Morgan fingerprint density at radius 3 is 2.68 bits per heavy atom. The quantitative estimate of drug-likeness (QED) is 0.921. The summed E-state index contributed by atoms with van der Waals surface area (Å²) in [7, 11) is 0. The Bertz CT molecular complexity index is 511. The summed E-state index contributed by atoms with van der Waals surface area (Å²) in [6.07, 6.45) is -2.81. The molecular weight excluding hydrogens is 321 g/mol. The minimum atomic E-state index is -4.44. The Morgan fingerprint density at radius 1 is 1.36 bits per heavy atom. The lowest BCUT2D eigenvalue weighted by molar-refractivity contribution is -0.153. The van der Waals surface area contributed by atoms with Crippen molar-refractivity contribution in [3.63, 3.8) is 0 Å². The van der Waals surface area contributed by atoms with Crippen molar-refractivity contribution in [2.24, 2.45) is 5.73 Å². The highest BCUT2D eigenvalue weighted by Crippen LogP contribution is 2.24. The fourth-order valence-electron chi connectivity index (χ4n) is 2.29. The predicted octanol–water partition coefficient (Wildman–Crippen LogP) is 2.61. The molecule has 0 unspecified atom stereocenters. The molecule has 0 spiro atoms. The van der Waals surface area contributed by atoms with Gasteiger partial charge in [0.15, 0.2) is 6.61 Å². The van der Waals surface area contributed by atoms with Crippen LogP contribution in [0.15, 0.2) is 24.3 Å². The van der Waals surface area contributed by atoms with E-state index in [1.807, 2.05) is 0 Å². The summed E-state index contributed by atoms with van der Waals surface area (Å²) in [5.74, 6) is -0.401. The highest BCUT2D eigenvalue weighted by atomic mass is 35.5. The zero-order valence-corrected chi connectivity index (χ0v) is 12.6. The van der Waals surface area contributed by atoms with E-state index in [1.165, 1.54) is 18.2 Å². The number of carbonyl (C=O) groups is 1. The minimum Gasteiger partial charge on any atom is -0.483 e. The second kappa shape index (κ2) is 7.69. The van der Waals surface area contributed by atoms with E-state index in [0.29, 0.717) is 13.1 Å². The van der Waals surface area contributed by atoms with Crippen LogP contribution < -0.4 is 10.5 Å². The first-order valence-electron chi connectivity index (χ1n) is 6.70. The number of likely N-dealkylation sites (tertiary alicyclic amines) is 1. The smallest absolute Gasteiger partial charge is 0.422 e. The third kappa shape index (κ3) is 5.06. The lowest BCUT2D eigenvalue weighted by atomic mass is 10.0. The topological polar surface area (TPSA) is 55.6 Å². The molecular formula is C14H18ClF3N2O2. The van der Waals surface area contributed by atoms with E-state index in [1.54, 1.807) is 11.0 Å². The minimum absolute atomic E-state index is 0. The van der Waals surface area contributed by atoms with Crippen LogP contribution in [0, 0.1) is 0 Å². The van der Waals surface area contributed by atoms with Crippen LogP contribution >= 0.6 is 12.4 Å². The predicted molar refractivity (Wildman–Crippen MR) is 78.4 cm³/mol. The molecule has 0 aliphatic carbocycles. The highest BCUT2D eigenvalue weighted by Gasteiger charge is 2.30. The largest absolute Gasteiger partial charge is 0.483 e. The molecule has 4 nitrogen and oxygen atoms in total. The number of hydrogen-bond acceptors (Lipinski definition) is 3. The molecule has 1 amide bonds. The number of carbonyl (C=O) groups excluding carboxylic acids is 1. The normalized spacial score (nSPS) is 18.5. The molecule has 1 aromatic carbocycles. The van der Waals surface area contributed by atoms with Crippen molar-refractivity contribution in [3.8, 4) is 5.75 Å². The molecule has 22 heavy (non-hydrogen) atoms. The number of ether oxygens (including phenoxy) is 1. The van der Waals surface area contributed by atoms with Crippen molar-refractivity contribution >= 4 is 18.3 Å². The van der Waals surface area contributed by atoms with E-state index in [2.05, 4.69) is 0 Å². The van der Waals surface area contributed by atoms with Gasteiger partial charge in [-0.05, 0) is 25.0 Å². The monoisotopic (exact) mass is 338 g/mol. The summed E-state index contributed by atoms with van der Waals surface area (Å²) in [6, 6.07) is 5.87. The van der Waals surface area contributed by atoms with Crippen LogP contribution in [0.5, 0.6) is 5.75 Å². The Labute approximate surface area is 132 Å². The number of halogens is 4. The van der Waals surface area contributed by atoms with Gasteiger partial charge in [-0.2, -0.15) is 13.2 Å². The summed E-state index contributed by atoms with van der Waals surface area (Å²) in [5.41, 5.74) is 5.96. The van der Waals surface area contributed by atoms with Gasteiger partial charge in [0.25, 0.3) is 5.91 Å².